The summed E-state index contributed by atoms with van der Waals surface area (Å²) in [6.07, 6.45) is 0. The third-order valence-corrected chi connectivity index (χ3v) is 5.53. The molecule has 10 heteroatoms. The second kappa shape index (κ2) is 8.81. The van der Waals surface area contributed by atoms with E-state index in [0.717, 1.165) is 5.56 Å². The van der Waals surface area contributed by atoms with E-state index in [-0.39, 0.29) is 5.91 Å². The maximum absolute atomic E-state index is 12.6. The molecule has 0 saturated carbocycles. The number of methoxy groups -OCH3 is 1. The highest BCUT2D eigenvalue weighted by molar-refractivity contribution is 8.00. The number of anilines is 1. The first kappa shape index (κ1) is 20.4. The fourth-order valence-corrected chi connectivity index (χ4v) is 3.72. The summed E-state index contributed by atoms with van der Waals surface area (Å²) in [4.78, 5) is 12.6. The molecule has 0 aliphatic carbocycles. The van der Waals surface area contributed by atoms with Crippen LogP contribution in [0.2, 0.25) is 10.0 Å². The number of hydrogen-bond donors (Lipinski definition) is 1. The van der Waals surface area contributed by atoms with Crippen LogP contribution >= 0.6 is 35.0 Å². The molecule has 28 heavy (non-hydrogen) atoms. The number of benzene rings is 2. The van der Waals surface area contributed by atoms with Crippen molar-refractivity contribution in [2.75, 3.05) is 12.4 Å². The van der Waals surface area contributed by atoms with Crippen LogP contribution < -0.4 is 10.1 Å². The summed E-state index contributed by atoms with van der Waals surface area (Å²) in [6.45, 7) is 3.71. The molecule has 146 valence electrons. The van der Waals surface area contributed by atoms with Gasteiger partial charge in [0.15, 0.2) is 0 Å². The Hall–Kier alpha value is -2.29. The number of nitrogens with zero attached hydrogens (tertiary/aromatic N) is 4. The van der Waals surface area contributed by atoms with Crippen molar-refractivity contribution in [3.8, 4) is 11.4 Å². The van der Waals surface area contributed by atoms with E-state index in [9.17, 15) is 4.79 Å². The zero-order chi connectivity index (χ0) is 20.3. The van der Waals surface area contributed by atoms with Gasteiger partial charge in [0.1, 0.15) is 11.4 Å². The third-order valence-electron chi connectivity index (χ3n) is 3.87. The Kier molecular flexibility index (Phi) is 6.43. The predicted molar refractivity (Wildman–Crippen MR) is 111 cm³/mol. The van der Waals surface area contributed by atoms with Crippen molar-refractivity contribution >= 4 is 46.6 Å². The van der Waals surface area contributed by atoms with Crippen molar-refractivity contribution < 1.29 is 9.53 Å². The molecule has 1 aromatic heterocycles. The number of nitrogens with one attached hydrogen (secondary N) is 1. The molecule has 0 radical (unpaired) electrons. The molecule has 1 N–H and O–H groups in total. The van der Waals surface area contributed by atoms with Crippen LogP contribution in [0.5, 0.6) is 5.75 Å². The van der Waals surface area contributed by atoms with Crippen molar-refractivity contribution in [3.05, 3.63) is 52.0 Å². The molecule has 0 bridgehead atoms. The summed E-state index contributed by atoms with van der Waals surface area (Å²) in [7, 11) is 1.58. The molecule has 1 amide bonds. The topological polar surface area (TPSA) is 81.9 Å². The number of thioether (sulfide) groups is 1. The Labute approximate surface area is 176 Å². The van der Waals surface area contributed by atoms with Crippen LogP contribution in [0.3, 0.4) is 0 Å². The van der Waals surface area contributed by atoms with E-state index >= 15 is 0 Å². The van der Waals surface area contributed by atoms with Gasteiger partial charge in [-0.05, 0) is 54.1 Å². The molecular formula is C18H17Cl2N5O2S. The minimum absolute atomic E-state index is 0.272. The molecule has 0 saturated heterocycles. The van der Waals surface area contributed by atoms with Gasteiger partial charge < -0.3 is 10.1 Å². The average Bonchev–Trinajstić information content (AvgIpc) is 3.12. The lowest BCUT2D eigenvalue weighted by molar-refractivity contribution is -0.115. The minimum atomic E-state index is -0.507. The van der Waals surface area contributed by atoms with Crippen LogP contribution in [0.15, 0.2) is 41.6 Å². The molecule has 7 nitrogen and oxygen atoms in total. The zero-order valence-corrected chi connectivity index (χ0v) is 17.6. The summed E-state index contributed by atoms with van der Waals surface area (Å²) < 4.78 is 6.95. The second-order valence-corrected chi connectivity index (χ2v) is 8.02. The SMILES string of the molecule is COc1ccc(C)cc1-n1nnnc1SC(C)C(=O)Nc1c(Cl)cccc1Cl. The lowest BCUT2D eigenvalue weighted by atomic mass is 10.2. The molecule has 1 unspecified atom stereocenters. The van der Waals surface area contributed by atoms with Crippen LogP contribution in [0.25, 0.3) is 5.69 Å². The van der Waals surface area contributed by atoms with E-state index < -0.39 is 5.25 Å². The summed E-state index contributed by atoms with van der Waals surface area (Å²) >= 11 is 13.4. The van der Waals surface area contributed by atoms with Crippen LogP contribution in [0.1, 0.15) is 12.5 Å². The van der Waals surface area contributed by atoms with E-state index in [4.69, 9.17) is 27.9 Å². The second-order valence-electron chi connectivity index (χ2n) is 5.89. The molecule has 0 aliphatic rings. The highest BCUT2D eigenvalue weighted by Gasteiger charge is 2.22. The summed E-state index contributed by atoms with van der Waals surface area (Å²) in [5.74, 6) is 0.352. The number of carbonyl (C=O) groups is 1. The van der Waals surface area contributed by atoms with Gasteiger partial charge >= 0.3 is 0 Å². The smallest absolute Gasteiger partial charge is 0.237 e. The van der Waals surface area contributed by atoms with Crippen molar-refractivity contribution in [2.24, 2.45) is 0 Å². The lowest BCUT2D eigenvalue weighted by Crippen LogP contribution is -2.23. The first-order chi connectivity index (χ1) is 13.4. The fourth-order valence-electron chi connectivity index (χ4n) is 2.42. The highest BCUT2D eigenvalue weighted by atomic mass is 35.5. The molecule has 1 heterocycles. The van der Waals surface area contributed by atoms with E-state index in [1.807, 2.05) is 25.1 Å². The van der Waals surface area contributed by atoms with Crippen LogP contribution in [-0.2, 0) is 4.79 Å². The number of aryl methyl sites for hydroxylation is 1. The number of halogens is 2. The van der Waals surface area contributed by atoms with E-state index in [2.05, 4.69) is 20.8 Å². The number of rotatable bonds is 6. The number of hydrogen-bond acceptors (Lipinski definition) is 6. The monoisotopic (exact) mass is 437 g/mol. The van der Waals surface area contributed by atoms with Crippen LogP contribution in [0.4, 0.5) is 5.69 Å². The normalized spacial score (nSPS) is 11.9. The average molecular weight is 438 g/mol. The van der Waals surface area contributed by atoms with Gasteiger partial charge in [-0.2, -0.15) is 4.68 Å². The van der Waals surface area contributed by atoms with E-state index in [0.29, 0.717) is 32.3 Å². The van der Waals surface area contributed by atoms with Gasteiger partial charge in [-0.3, -0.25) is 4.79 Å². The number of tetrazole rings is 1. The Morgan fingerprint density at radius 1 is 1.25 bits per heavy atom. The first-order valence-corrected chi connectivity index (χ1v) is 9.89. The molecular weight excluding hydrogens is 421 g/mol. The van der Waals surface area contributed by atoms with E-state index in [1.54, 1.807) is 36.9 Å². The first-order valence-electron chi connectivity index (χ1n) is 8.25. The van der Waals surface area contributed by atoms with Gasteiger partial charge in [0, 0.05) is 0 Å². The third kappa shape index (κ3) is 4.40. The highest BCUT2D eigenvalue weighted by Crippen LogP contribution is 2.32. The molecule has 3 rings (SSSR count). The fraction of sp³-hybridized carbons (Fsp3) is 0.222. The van der Waals surface area contributed by atoms with E-state index in [1.165, 1.54) is 11.8 Å². The van der Waals surface area contributed by atoms with Crippen molar-refractivity contribution in [1.82, 2.24) is 20.2 Å². The van der Waals surface area contributed by atoms with Gasteiger partial charge in [-0.25, -0.2) is 0 Å². The molecule has 2 aromatic carbocycles. The molecule has 0 spiro atoms. The summed E-state index contributed by atoms with van der Waals surface area (Å²) in [5, 5.41) is 15.3. The molecule has 3 aromatic rings. The predicted octanol–water partition coefficient (Wildman–Crippen LogP) is 4.41. The van der Waals surface area contributed by atoms with Gasteiger partial charge in [0.2, 0.25) is 11.1 Å². The van der Waals surface area contributed by atoms with Crippen molar-refractivity contribution in [2.45, 2.75) is 24.3 Å². The zero-order valence-electron chi connectivity index (χ0n) is 15.3. The Bertz CT molecular complexity index is 991. The summed E-state index contributed by atoms with van der Waals surface area (Å²) in [5.41, 5.74) is 2.10. The van der Waals surface area contributed by atoms with Crippen molar-refractivity contribution in [1.29, 1.82) is 0 Å². The molecule has 1 atom stereocenters. The maximum atomic E-state index is 12.6. The number of para-hydroxylation sites is 1. The largest absolute Gasteiger partial charge is 0.494 e. The summed E-state index contributed by atoms with van der Waals surface area (Å²) in [6, 6.07) is 10.7. The van der Waals surface area contributed by atoms with Gasteiger partial charge in [-0.1, -0.05) is 47.1 Å². The lowest BCUT2D eigenvalue weighted by Gasteiger charge is -2.14. The Morgan fingerprint density at radius 3 is 2.64 bits per heavy atom. The number of ether oxygens (including phenoxy) is 1. The van der Waals surface area contributed by atoms with Crippen LogP contribution in [-0.4, -0.2) is 38.5 Å². The molecule has 0 fully saturated rings. The molecule has 0 aliphatic heterocycles. The maximum Gasteiger partial charge on any atom is 0.237 e. The van der Waals surface area contributed by atoms with Gasteiger partial charge in [0.05, 0.1) is 28.1 Å². The standard InChI is InChI=1S/C18H17Cl2N5O2S/c1-10-7-8-15(27-3)14(9-10)25-18(22-23-24-25)28-11(2)17(26)21-16-12(19)5-4-6-13(16)20/h4-9,11H,1-3H3,(H,21,26). The minimum Gasteiger partial charge on any atom is -0.494 e. The van der Waals surface area contributed by atoms with Crippen LogP contribution in [0, 0.1) is 6.92 Å². The number of aromatic nitrogens is 4. The number of carbonyl (C=O) groups excluding carboxylic acids is 1. The quantitative estimate of drug-likeness (QED) is 0.575. The van der Waals surface area contributed by atoms with Gasteiger partial charge in [-0.15, -0.1) is 5.10 Å². The van der Waals surface area contributed by atoms with Crippen molar-refractivity contribution in [3.63, 3.8) is 0 Å². The Morgan fingerprint density at radius 2 is 1.96 bits per heavy atom. The Balaban J connectivity index is 1.81. The van der Waals surface area contributed by atoms with Gasteiger partial charge in [0.25, 0.3) is 0 Å². The number of amides is 1.